The van der Waals surface area contributed by atoms with Crippen LogP contribution in [0.2, 0.25) is 0 Å². The standard InChI is InChI=1S/C9H14N2O2/c1-6(12)11-4-8(5-11)10-9(13)7-2-3-7/h7-8H,2-5H2,1H3,(H,10,13). The van der Waals surface area contributed by atoms with Crippen LogP contribution in [0.25, 0.3) is 0 Å². The third kappa shape index (κ3) is 1.82. The average molecular weight is 182 g/mol. The van der Waals surface area contributed by atoms with Crippen LogP contribution in [0.15, 0.2) is 0 Å². The molecule has 0 unspecified atom stereocenters. The highest BCUT2D eigenvalue weighted by molar-refractivity contribution is 5.81. The summed E-state index contributed by atoms with van der Waals surface area (Å²) < 4.78 is 0. The maximum Gasteiger partial charge on any atom is 0.223 e. The van der Waals surface area contributed by atoms with E-state index in [1.165, 1.54) is 0 Å². The van der Waals surface area contributed by atoms with Gasteiger partial charge in [0.25, 0.3) is 0 Å². The van der Waals surface area contributed by atoms with Gasteiger partial charge >= 0.3 is 0 Å². The SMILES string of the molecule is CC(=O)N1CC(NC(=O)C2CC2)C1. The van der Waals surface area contributed by atoms with Gasteiger partial charge in [0, 0.05) is 25.9 Å². The molecule has 0 aromatic heterocycles. The Morgan fingerprint density at radius 3 is 2.38 bits per heavy atom. The van der Waals surface area contributed by atoms with Crippen molar-refractivity contribution in [1.29, 1.82) is 0 Å². The molecule has 1 aliphatic carbocycles. The van der Waals surface area contributed by atoms with Crippen LogP contribution in [0.1, 0.15) is 19.8 Å². The first-order chi connectivity index (χ1) is 6.16. The van der Waals surface area contributed by atoms with Gasteiger partial charge in [-0.1, -0.05) is 0 Å². The highest BCUT2D eigenvalue weighted by atomic mass is 16.2. The Kier molecular flexibility index (Phi) is 1.98. The van der Waals surface area contributed by atoms with Gasteiger partial charge in [0.2, 0.25) is 11.8 Å². The van der Waals surface area contributed by atoms with Crippen LogP contribution >= 0.6 is 0 Å². The molecule has 0 bridgehead atoms. The molecule has 4 nitrogen and oxygen atoms in total. The van der Waals surface area contributed by atoms with Gasteiger partial charge in [-0.25, -0.2) is 0 Å². The van der Waals surface area contributed by atoms with Crippen molar-refractivity contribution >= 4 is 11.8 Å². The quantitative estimate of drug-likeness (QED) is 0.640. The second-order valence-electron chi connectivity index (χ2n) is 3.90. The molecule has 13 heavy (non-hydrogen) atoms. The van der Waals surface area contributed by atoms with Crippen molar-refractivity contribution in [3.63, 3.8) is 0 Å². The third-order valence-corrected chi connectivity index (χ3v) is 2.62. The summed E-state index contributed by atoms with van der Waals surface area (Å²) in [5.74, 6) is 0.538. The van der Waals surface area contributed by atoms with E-state index in [4.69, 9.17) is 0 Å². The van der Waals surface area contributed by atoms with E-state index >= 15 is 0 Å². The Hall–Kier alpha value is -1.06. The van der Waals surface area contributed by atoms with E-state index in [9.17, 15) is 9.59 Å². The zero-order chi connectivity index (χ0) is 9.42. The van der Waals surface area contributed by atoms with Crippen molar-refractivity contribution < 1.29 is 9.59 Å². The minimum absolute atomic E-state index is 0.0944. The number of nitrogens with one attached hydrogen (secondary N) is 1. The zero-order valence-electron chi connectivity index (χ0n) is 7.75. The molecule has 0 aromatic carbocycles. The molecule has 2 aliphatic rings. The molecular weight excluding hydrogens is 168 g/mol. The summed E-state index contributed by atoms with van der Waals surface area (Å²) in [5.41, 5.74) is 0. The Balaban J connectivity index is 1.68. The molecule has 0 aromatic rings. The molecule has 4 heteroatoms. The second kappa shape index (κ2) is 3.01. The van der Waals surface area contributed by atoms with Gasteiger partial charge in [0.1, 0.15) is 0 Å². The summed E-state index contributed by atoms with van der Waals surface area (Å²) in [4.78, 5) is 23.8. The minimum atomic E-state index is 0.0944. The normalized spacial score (nSPS) is 22.4. The number of hydrogen-bond acceptors (Lipinski definition) is 2. The molecule has 1 aliphatic heterocycles. The summed E-state index contributed by atoms with van der Waals surface area (Å²) >= 11 is 0. The molecule has 2 rings (SSSR count). The van der Waals surface area contributed by atoms with Gasteiger partial charge in [-0.15, -0.1) is 0 Å². The van der Waals surface area contributed by atoms with E-state index in [-0.39, 0.29) is 23.8 Å². The van der Waals surface area contributed by atoms with Crippen LogP contribution in [-0.2, 0) is 9.59 Å². The highest BCUT2D eigenvalue weighted by Crippen LogP contribution is 2.29. The van der Waals surface area contributed by atoms with Crippen LogP contribution < -0.4 is 5.32 Å². The number of amides is 2. The highest BCUT2D eigenvalue weighted by Gasteiger charge is 2.35. The summed E-state index contributed by atoms with van der Waals surface area (Å²) in [7, 11) is 0. The lowest BCUT2D eigenvalue weighted by atomic mass is 10.1. The topological polar surface area (TPSA) is 49.4 Å². The van der Waals surface area contributed by atoms with Crippen LogP contribution in [0, 0.1) is 5.92 Å². The first kappa shape index (κ1) is 8.53. The van der Waals surface area contributed by atoms with Crippen molar-refractivity contribution in [2.24, 2.45) is 5.92 Å². The first-order valence-corrected chi connectivity index (χ1v) is 4.72. The predicted molar refractivity (Wildman–Crippen MR) is 46.9 cm³/mol. The van der Waals surface area contributed by atoms with E-state index in [0.717, 1.165) is 12.8 Å². The zero-order valence-corrected chi connectivity index (χ0v) is 7.75. The van der Waals surface area contributed by atoms with E-state index in [2.05, 4.69) is 5.32 Å². The van der Waals surface area contributed by atoms with E-state index in [1.807, 2.05) is 0 Å². The van der Waals surface area contributed by atoms with Crippen LogP contribution in [0.3, 0.4) is 0 Å². The maximum absolute atomic E-state index is 11.3. The minimum Gasteiger partial charge on any atom is -0.350 e. The van der Waals surface area contributed by atoms with Gasteiger partial charge < -0.3 is 10.2 Å². The lowest BCUT2D eigenvalue weighted by Crippen LogP contribution is -2.60. The van der Waals surface area contributed by atoms with Crippen LogP contribution in [0.4, 0.5) is 0 Å². The molecular formula is C9H14N2O2. The molecule has 2 amide bonds. The Morgan fingerprint density at radius 1 is 1.31 bits per heavy atom. The van der Waals surface area contributed by atoms with Crippen LogP contribution in [0.5, 0.6) is 0 Å². The second-order valence-corrected chi connectivity index (χ2v) is 3.90. The number of rotatable bonds is 2. The molecule has 1 heterocycles. The molecule has 0 radical (unpaired) electrons. The Morgan fingerprint density at radius 2 is 1.92 bits per heavy atom. The Labute approximate surface area is 77.3 Å². The monoisotopic (exact) mass is 182 g/mol. The first-order valence-electron chi connectivity index (χ1n) is 4.72. The summed E-state index contributed by atoms with van der Waals surface area (Å²) in [6.07, 6.45) is 2.07. The van der Waals surface area contributed by atoms with Crippen molar-refractivity contribution in [3.05, 3.63) is 0 Å². The average Bonchev–Trinajstić information content (AvgIpc) is 2.75. The van der Waals surface area contributed by atoms with Crippen molar-refractivity contribution in [2.45, 2.75) is 25.8 Å². The lowest BCUT2D eigenvalue weighted by Gasteiger charge is -2.38. The summed E-state index contributed by atoms with van der Waals surface area (Å²) in [6.45, 7) is 2.93. The fraction of sp³-hybridized carbons (Fsp3) is 0.778. The predicted octanol–water partition coefficient (Wildman–Crippen LogP) is -0.257. The maximum atomic E-state index is 11.3. The van der Waals surface area contributed by atoms with Gasteiger partial charge in [-0.2, -0.15) is 0 Å². The van der Waals surface area contributed by atoms with Gasteiger partial charge in [-0.3, -0.25) is 9.59 Å². The molecule has 1 saturated heterocycles. The fourth-order valence-electron chi connectivity index (χ4n) is 1.49. The van der Waals surface area contributed by atoms with E-state index in [0.29, 0.717) is 13.1 Å². The van der Waals surface area contributed by atoms with Gasteiger partial charge in [0.15, 0.2) is 0 Å². The molecule has 1 N–H and O–H groups in total. The largest absolute Gasteiger partial charge is 0.350 e. The van der Waals surface area contributed by atoms with Crippen LogP contribution in [-0.4, -0.2) is 35.8 Å². The molecule has 1 saturated carbocycles. The fourth-order valence-corrected chi connectivity index (χ4v) is 1.49. The summed E-state index contributed by atoms with van der Waals surface area (Å²) in [6, 6.07) is 0.206. The lowest BCUT2D eigenvalue weighted by molar-refractivity contribution is -0.136. The van der Waals surface area contributed by atoms with Crippen molar-refractivity contribution in [3.8, 4) is 0 Å². The molecule has 0 spiro atoms. The van der Waals surface area contributed by atoms with E-state index < -0.39 is 0 Å². The molecule has 0 atom stereocenters. The number of likely N-dealkylation sites (tertiary alicyclic amines) is 1. The molecule has 72 valence electrons. The summed E-state index contributed by atoms with van der Waals surface area (Å²) in [5, 5.41) is 2.93. The third-order valence-electron chi connectivity index (χ3n) is 2.62. The van der Waals surface area contributed by atoms with Gasteiger partial charge in [0.05, 0.1) is 6.04 Å². The number of carbonyl (C=O) groups is 2. The van der Waals surface area contributed by atoms with Crippen molar-refractivity contribution in [2.75, 3.05) is 13.1 Å². The molecule has 2 fully saturated rings. The van der Waals surface area contributed by atoms with Gasteiger partial charge in [-0.05, 0) is 12.8 Å². The number of nitrogens with zero attached hydrogens (tertiary/aromatic N) is 1. The smallest absolute Gasteiger partial charge is 0.223 e. The van der Waals surface area contributed by atoms with Crippen molar-refractivity contribution in [1.82, 2.24) is 10.2 Å². The number of hydrogen-bond donors (Lipinski definition) is 1. The Bertz CT molecular complexity index is 242. The van der Waals surface area contributed by atoms with E-state index in [1.54, 1.807) is 11.8 Å². The number of carbonyl (C=O) groups excluding carboxylic acids is 2.